The van der Waals surface area contributed by atoms with Crippen LogP contribution in [0.15, 0.2) is 0 Å². The van der Waals surface area contributed by atoms with E-state index in [2.05, 4.69) is 0 Å². The Hall–Kier alpha value is -0.950. The van der Waals surface area contributed by atoms with E-state index in [0.29, 0.717) is 19.6 Å². The van der Waals surface area contributed by atoms with Crippen LogP contribution in [0.1, 0.15) is 13.3 Å². The smallest absolute Gasteiger partial charge is 0.313 e. The largest absolute Gasteiger partial charge is 0.464 e. The summed E-state index contributed by atoms with van der Waals surface area (Å²) < 4.78 is 27.2. The van der Waals surface area contributed by atoms with Gasteiger partial charge >= 0.3 is 5.97 Å². The van der Waals surface area contributed by atoms with Crippen LogP contribution in [0.5, 0.6) is 0 Å². The summed E-state index contributed by atoms with van der Waals surface area (Å²) in [5, 5.41) is 0. The van der Waals surface area contributed by atoms with Gasteiger partial charge in [-0.05, 0) is 6.92 Å². The molecule has 1 aliphatic rings. The van der Waals surface area contributed by atoms with Crippen molar-refractivity contribution in [2.45, 2.75) is 13.3 Å². The fraction of sp³-hybridized carbons (Fsp3) is 0.800. The van der Waals surface area contributed by atoms with E-state index in [1.807, 2.05) is 4.90 Å². The lowest BCUT2D eigenvalue weighted by molar-refractivity contribution is -0.146. The van der Waals surface area contributed by atoms with Crippen LogP contribution in [0, 0.1) is 0 Å². The van der Waals surface area contributed by atoms with Crippen LogP contribution in [0.4, 0.5) is 0 Å². The molecule has 0 N–H and O–H groups in total. The molecule has 0 saturated carbocycles. The second kappa shape index (κ2) is 6.11. The number of carbonyl (C=O) groups is 2. The van der Waals surface area contributed by atoms with Gasteiger partial charge in [0, 0.05) is 19.6 Å². The van der Waals surface area contributed by atoms with Gasteiger partial charge in [-0.15, -0.1) is 0 Å². The Morgan fingerprint density at radius 3 is 2.35 bits per heavy atom. The molecule has 7 heteroatoms. The molecule has 1 fully saturated rings. The van der Waals surface area contributed by atoms with Crippen LogP contribution in [0.25, 0.3) is 0 Å². The molecule has 1 saturated heterocycles. The van der Waals surface area contributed by atoms with E-state index >= 15 is 0 Å². The van der Waals surface area contributed by atoms with Crippen molar-refractivity contribution in [3.8, 4) is 0 Å². The molecule has 1 rings (SSSR count). The number of sulfone groups is 1. The first kappa shape index (κ1) is 14.1. The number of rotatable bonds is 5. The van der Waals surface area contributed by atoms with E-state index in [9.17, 15) is 18.0 Å². The maximum Gasteiger partial charge on any atom is 0.313 e. The number of esters is 1. The highest BCUT2D eigenvalue weighted by atomic mass is 32.2. The topological polar surface area (TPSA) is 80.8 Å². The molecule has 1 aliphatic heterocycles. The van der Waals surface area contributed by atoms with Crippen molar-refractivity contribution in [3.63, 3.8) is 0 Å². The zero-order valence-corrected chi connectivity index (χ0v) is 10.7. The van der Waals surface area contributed by atoms with Crippen molar-refractivity contribution in [3.05, 3.63) is 0 Å². The molecule has 0 atom stereocenters. The molecule has 0 radical (unpaired) electrons. The quantitative estimate of drug-likeness (QED) is 0.479. The third kappa shape index (κ3) is 5.78. The Balaban J connectivity index is 2.16. The maximum atomic E-state index is 11.1. The Kier molecular flexibility index (Phi) is 5.07. The van der Waals surface area contributed by atoms with Gasteiger partial charge in [0.15, 0.2) is 9.84 Å². The van der Waals surface area contributed by atoms with Gasteiger partial charge in [0.1, 0.15) is 18.8 Å². The van der Waals surface area contributed by atoms with Gasteiger partial charge in [-0.3, -0.25) is 14.5 Å². The monoisotopic (exact) mass is 263 g/mol. The fourth-order valence-electron chi connectivity index (χ4n) is 1.52. The molecule has 0 unspecified atom stereocenters. The zero-order valence-electron chi connectivity index (χ0n) is 9.85. The summed E-state index contributed by atoms with van der Waals surface area (Å²) in [5.74, 6) is -0.427. The van der Waals surface area contributed by atoms with Gasteiger partial charge in [-0.2, -0.15) is 0 Å². The van der Waals surface area contributed by atoms with Crippen molar-refractivity contribution >= 4 is 21.6 Å². The summed E-state index contributed by atoms with van der Waals surface area (Å²) in [4.78, 5) is 23.6. The van der Waals surface area contributed by atoms with Crippen LogP contribution in [-0.4, -0.2) is 62.8 Å². The molecule has 0 aliphatic carbocycles. The highest BCUT2D eigenvalue weighted by molar-refractivity contribution is 7.91. The van der Waals surface area contributed by atoms with Gasteiger partial charge < -0.3 is 4.74 Å². The minimum Gasteiger partial charge on any atom is -0.464 e. The first-order chi connectivity index (χ1) is 7.89. The van der Waals surface area contributed by atoms with Crippen molar-refractivity contribution < 1.29 is 22.7 Å². The fourth-order valence-corrected chi connectivity index (χ4v) is 2.79. The molecule has 1 heterocycles. The van der Waals surface area contributed by atoms with Crippen LogP contribution in [0.3, 0.4) is 0 Å². The minimum absolute atomic E-state index is 0.161. The molecule has 0 aromatic carbocycles. The summed E-state index contributed by atoms with van der Waals surface area (Å²) >= 11 is 0. The summed E-state index contributed by atoms with van der Waals surface area (Å²) in [6, 6.07) is 0. The van der Waals surface area contributed by atoms with Crippen LogP contribution in [0.2, 0.25) is 0 Å². The first-order valence-corrected chi connectivity index (χ1v) is 7.29. The molecule has 0 spiro atoms. The van der Waals surface area contributed by atoms with Gasteiger partial charge in [-0.1, -0.05) is 0 Å². The average Bonchev–Trinajstić information content (AvgIpc) is 2.19. The summed E-state index contributed by atoms with van der Waals surface area (Å²) in [6.45, 7) is 3.00. The van der Waals surface area contributed by atoms with E-state index in [0.717, 1.165) is 0 Å². The van der Waals surface area contributed by atoms with Crippen LogP contribution in [-0.2, 0) is 24.2 Å². The normalized spacial score (nSPS) is 19.8. The Bertz CT molecular complexity index is 376. The Morgan fingerprint density at radius 2 is 1.82 bits per heavy atom. The maximum absolute atomic E-state index is 11.1. The summed E-state index contributed by atoms with van der Waals surface area (Å²) in [5.41, 5.74) is 0. The number of nitrogens with zero attached hydrogens (tertiary/aromatic N) is 1. The molecular formula is C10H17NO5S. The molecule has 0 bridgehead atoms. The lowest BCUT2D eigenvalue weighted by atomic mass is 10.3. The zero-order chi connectivity index (χ0) is 12.9. The highest BCUT2D eigenvalue weighted by Gasteiger charge is 2.21. The molecule has 0 amide bonds. The predicted octanol–water partition coefficient (Wildman–Crippen LogP) is -0.761. The molecule has 98 valence electrons. The second-order valence-corrected chi connectivity index (χ2v) is 6.40. The second-order valence-electron chi connectivity index (χ2n) is 4.09. The van der Waals surface area contributed by atoms with Crippen molar-refractivity contribution in [2.75, 3.05) is 37.7 Å². The number of ether oxygens (including phenoxy) is 1. The van der Waals surface area contributed by atoms with Crippen LogP contribution >= 0.6 is 0 Å². The number of ketones is 1. The molecule has 0 aromatic rings. The standard InChI is InChI=1S/C10H17NO5S/c1-9(12)8-10(13)16-5-2-11-3-6-17(14,15)7-4-11/h2-8H2,1H3. The summed E-state index contributed by atoms with van der Waals surface area (Å²) in [6.07, 6.45) is -0.200. The number of carbonyl (C=O) groups excluding carboxylic acids is 2. The van der Waals surface area contributed by atoms with Crippen molar-refractivity contribution in [1.29, 1.82) is 0 Å². The third-order valence-electron chi connectivity index (χ3n) is 2.50. The van der Waals surface area contributed by atoms with Gasteiger partial charge in [-0.25, -0.2) is 8.42 Å². The van der Waals surface area contributed by atoms with Crippen LogP contribution < -0.4 is 0 Å². The molecule has 6 nitrogen and oxygen atoms in total. The predicted molar refractivity (Wildman–Crippen MR) is 61.4 cm³/mol. The van der Waals surface area contributed by atoms with Gasteiger partial charge in [0.2, 0.25) is 0 Å². The first-order valence-electron chi connectivity index (χ1n) is 5.47. The Morgan fingerprint density at radius 1 is 1.24 bits per heavy atom. The SMILES string of the molecule is CC(=O)CC(=O)OCCN1CCS(=O)(=O)CC1. The van der Waals surface area contributed by atoms with E-state index < -0.39 is 15.8 Å². The minimum atomic E-state index is -2.87. The van der Waals surface area contributed by atoms with Gasteiger partial charge in [0.05, 0.1) is 11.5 Å². The Labute approximate surface area is 101 Å². The van der Waals surface area contributed by atoms with Gasteiger partial charge in [0.25, 0.3) is 0 Å². The number of Topliss-reactive ketones (excluding diaryl/α,β-unsaturated/α-hetero) is 1. The highest BCUT2D eigenvalue weighted by Crippen LogP contribution is 2.03. The lowest BCUT2D eigenvalue weighted by Gasteiger charge is -2.25. The van der Waals surface area contributed by atoms with Crippen molar-refractivity contribution in [2.24, 2.45) is 0 Å². The third-order valence-corrected chi connectivity index (χ3v) is 4.11. The lowest BCUT2D eigenvalue weighted by Crippen LogP contribution is -2.41. The average molecular weight is 263 g/mol. The van der Waals surface area contributed by atoms with Crippen molar-refractivity contribution in [1.82, 2.24) is 4.90 Å². The van der Waals surface area contributed by atoms with E-state index in [-0.39, 0.29) is 30.3 Å². The van der Waals surface area contributed by atoms with E-state index in [4.69, 9.17) is 4.74 Å². The molecule has 0 aromatic heterocycles. The van der Waals surface area contributed by atoms with E-state index in [1.54, 1.807) is 0 Å². The molecular weight excluding hydrogens is 246 g/mol. The molecule has 17 heavy (non-hydrogen) atoms. The summed E-state index contributed by atoms with van der Waals surface area (Å²) in [7, 11) is -2.87. The van der Waals surface area contributed by atoms with E-state index in [1.165, 1.54) is 6.92 Å². The number of hydrogen-bond donors (Lipinski definition) is 0. The number of hydrogen-bond acceptors (Lipinski definition) is 6.